The first-order valence-electron chi connectivity index (χ1n) is 1.13. The van der Waals surface area contributed by atoms with Crippen LogP contribution in [-0.4, -0.2) is 47.3 Å². The maximum atomic E-state index is 7.62. The summed E-state index contributed by atoms with van der Waals surface area (Å²) >= 11 is 0. The van der Waals surface area contributed by atoms with Crippen LogP contribution in [0.2, 0.25) is 0 Å². The van der Waals surface area contributed by atoms with Gasteiger partial charge in [-0.05, 0) is 0 Å². The van der Waals surface area contributed by atoms with Crippen molar-refractivity contribution in [3.05, 3.63) is 0 Å². The van der Waals surface area contributed by atoms with Crippen LogP contribution in [0.4, 0.5) is 0 Å². The summed E-state index contributed by atoms with van der Waals surface area (Å²) in [5.74, 6) is 0. The molecule has 0 heterocycles. The van der Waals surface area contributed by atoms with Crippen molar-refractivity contribution in [1.29, 1.82) is 0 Å². The minimum atomic E-state index is -0.125. The summed E-state index contributed by atoms with van der Waals surface area (Å²) in [4.78, 5) is 0. The van der Waals surface area contributed by atoms with E-state index in [9.17, 15) is 0 Å². The van der Waals surface area contributed by atoms with Crippen molar-refractivity contribution in [2.45, 2.75) is 0 Å². The average Bonchev–Trinajstić information content (AvgIpc) is 1.37. The van der Waals surface area contributed by atoms with Gasteiger partial charge in [0.2, 0.25) is 0 Å². The van der Waals surface area contributed by atoms with E-state index in [0.29, 0.717) is 0 Å². The molecule has 4 heteroatoms. The summed E-state index contributed by atoms with van der Waals surface area (Å²) in [5.41, 5.74) is 0. The van der Waals surface area contributed by atoms with Crippen molar-refractivity contribution < 1.29 is 31.9 Å². The van der Waals surface area contributed by atoms with E-state index in [2.05, 4.69) is 0 Å². The molecule has 0 unspecified atom stereocenters. The molecule has 0 spiro atoms. The second kappa shape index (κ2) is 16.1. The minimum absolute atomic E-state index is 0. The molecule has 0 saturated heterocycles. The molecule has 0 fully saturated rings. The van der Waals surface area contributed by atoms with Crippen molar-refractivity contribution in [1.82, 2.24) is 0 Å². The van der Waals surface area contributed by atoms with Gasteiger partial charge in [0.05, 0.1) is 13.2 Å². The minimum Gasteiger partial charge on any atom is 0 e. The van der Waals surface area contributed by atoms with Crippen molar-refractivity contribution in [2.24, 2.45) is 0 Å². The molecular weight excluding hydrogens is 223 g/mol. The largest absolute Gasteiger partial charge is 0 e. The van der Waals surface area contributed by atoms with Gasteiger partial charge in [0.15, 0.2) is 0 Å². The van der Waals surface area contributed by atoms with E-state index in [4.69, 9.17) is 10.2 Å². The Hall–Kier alpha value is 1.43. The molecule has 0 aromatic rings. The summed E-state index contributed by atoms with van der Waals surface area (Å²) in [5, 5.41) is 15.2. The average molecular weight is 231 g/mol. The molecule has 0 rings (SSSR count). The van der Waals surface area contributed by atoms with Gasteiger partial charge in [-0.3, -0.25) is 0 Å². The molecule has 0 aromatic heterocycles. The third-order valence-electron chi connectivity index (χ3n) is 0.1000. The van der Waals surface area contributed by atoms with Crippen LogP contribution in [0.15, 0.2) is 0 Å². The molecule has 0 bridgehead atoms. The molecule has 0 aromatic carbocycles. The molecule has 0 aliphatic rings. The topological polar surface area (TPSA) is 40.5 Å². The maximum absolute atomic E-state index is 7.62. The number of aliphatic hydroxyl groups is 2. The van der Waals surface area contributed by atoms with Gasteiger partial charge in [-0.2, -0.15) is 0 Å². The molecule has 0 amide bonds. The Kier molecular flexibility index (Phi) is 42.0. The first kappa shape index (κ1) is 15.7. The van der Waals surface area contributed by atoms with E-state index in [0.717, 1.165) is 0 Å². The fourth-order valence-electron chi connectivity index (χ4n) is 0. The number of aliphatic hydroxyl groups excluding tert-OH is 2. The van der Waals surface area contributed by atoms with Crippen LogP contribution in [0.5, 0.6) is 0 Å². The predicted molar refractivity (Wildman–Crippen MR) is 22.7 cm³/mol. The predicted octanol–water partition coefficient (Wildman–Crippen LogP) is -1.95. The quantitative estimate of drug-likeness (QED) is 0.515. The summed E-state index contributed by atoms with van der Waals surface area (Å²) in [6.45, 7) is -0.250. The smallest absolute Gasteiger partial charge is 0 e. The zero-order valence-corrected chi connectivity index (χ0v) is 9.11. The molecule has 0 atom stereocenters. The Bertz CT molecular complexity index is 13.5. The summed E-state index contributed by atoms with van der Waals surface area (Å²) in [6, 6.07) is 0. The summed E-state index contributed by atoms with van der Waals surface area (Å²) in [7, 11) is 0. The van der Waals surface area contributed by atoms with E-state index in [1.807, 2.05) is 0 Å². The van der Waals surface area contributed by atoms with Crippen molar-refractivity contribution in [2.75, 3.05) is 13.2 Å². The van der Waals surface area contributed by atoms with E-state index < -0.39 is 0 Å². The Labute approximate surface area is 68.8 Å². The Morgan fingerprint density at radius 2 is 1.17 bits per heavy atom. The molecule has 2 radical (unpaired) electrons. The van der Waals surface area contributed by atoms with Gasteiger partial charge in [0, 0.05) is 21.7 Å². The molecule has 0 saturated carbocycles. The van der Waals surface area contributed by atoms with Crippen LogP contribution >= 0.6 is 0 Å². The number of hydrogen-bond donors (Lipinski definition) is 2. The standard InChI is InChI=1S/C2H6O2.Sn.Ti.2H/c3-1-2-4;;;;/h3-4H,1-2H2;;;;. The van der Waals surface area contributed by atoms with Gasteiger partial charge in [-0.15, -0.1) is 0 Å². The Morgan fingerprint density at radius 3 is 1.17 bits per heavy atom. The van der Waals surface area contributed by atoms with E-state index in [1.54, 1.807) is 0 Å². The van der Waals surface area contributed by atoms with Crippen molar-refractivity contribution in [3.8, 4) is 0 Å². The van der Waals surface area contributed by atoms with Gasteiger partial charge in [-0.25, -0.2) is 0 Å². The molecule has 2 nitrogen and oxygen atoms in total. The maximum Gasteiger partial charge on any atom is 0 e. The Morgan fingerprint density at radius 1 is 1.00 bits per heavy atom. The molecule has 0 aliphatic carbocycles. The van der Waals surface area contributed by atoms with Crippen LogP contribution in [0, 0.1) is 0 Å². The SMILES string of the molecule is OCCO.[SnH2].[Ti]. The van der Waals surface area contributed by atoms with Gasteiger partial charge in [-0.1, -0.05) is 0 Å². The second-order valence-corrected chi connectivity index (χ2v) is 0.447. The van der Waals surface area contributed by atoms with Crippen molar-refractivity contribution >= 4 is 23.9 Å². The first-order valence-corrected chi connectivity index (χ1v) is 1.13. The van der Waals surface area contributed by atoms with Crippen LogP contribution in [0.1, 0.15) is 0 Å². The molecule has 2 N–H and O–H groups in total. The summed E-state index contributed by atoms with van der Waals surface area (Å²) in [6.07, 6.45) is 0. The first-order chi connectivity index (χ1) is 1.91. The van der Waals surface area contributed by atoms with Gasteiger partial charge < -0.3 is 10.2 Å². The van der Waals surface area contributed by atoms with Crippen molar-refractivity contribution in [3.63, 3.8) is 0 Å². The van der Waals surface area contributed by atoms with Gasteiger partial charge in [0.1, 0.15) is 0 Å². The molecule has 6 heavy (non-hydrogen) atoms. The fourth-order valence-corrected chi connectivity index (χ4v) is 0. The third-order valence-corrected chi connectivity index (χ3v) is 0.1000. The zero-order valence-electron chi connectivity index (χ0n) is 3.52. The third kappa shape index (κ3) is 18.0. The van der Waals surface area contributed by atoms with Gasteiger partial charge >= 0.3 is 23.9 Å². The van der Waals surface area contributed by atoms with E-state index in [-0.39, 0.29) is 58.8 Å². The normalized spacial score (nSPS) is 5.00. The molecular formula is C2H8O2SnTi. The van der Waals surface area contributed by atoms with Crippen LogP contribution < -0.4 is 0 Å². The second-order valence-electron chi connectivity index (χ2n) is 0.447. The van der Waals surface area contributed by atoms with Crippen LogP contribution in [0.25, 0.3) is 0 Å². The summed E-state index contributed by atoms with van der Waals surface area (Å²) < 4.78 is 0. The number of rotatable bonds is 1. The van der Waals surface area contributed by atoms with E-state index >= 15 is 0 Å². The van der Waals surface area contributed by atoms with Gasteiger partial charge in [0.25, 0.3) is 0 Å². The molecule has 0 aliphatic heterocycles. The fraction of sp³-hybridized carbons (Fsp3) is 1.00. The van der Waals surface area contributed by atoms with Crippen LogP contribution in [0.3, 0.4) is 0 Å². The monoisotopic (exact) mass is 232 g/mol. The zero-order chi connectivity index (χ0) is 3.41. The van der Waals surface area contributed by atoms with Crippen LogP contribution in [-0.2, 0) is 21.7 Å². The number of hydrogen-bond acceptors (Lipinski definition) is 2. The van der Waals surface area contributed by atoms with E-state index in [1.165, 1.54) is 0 Å². The Balaban J connectivity index is -0.0000000450. The molecule has 36 valence electrons.